The van der Waals surface area contributed by atoms with Crippen molar-refractivity contribution >= 4 is 43.8 Å². The summed E-state index contributed by atoms with van der Waals surface area (Å²) in [4.78, 5) is 26.0. The van der Waals surface area contributed by atoms with E-state index in [4.69, 9.17) is 30.3 Å². The first-order valence-corrected chi connectivity index (χ1v) is 13.0. The topological polar surface area (TPSA) is 151 Å². The number of halogens is 1. The molecule has 0 radical (unpaired) electrons. The highest BCUT2D eigenvalue weighted by Gasteiger charge is 2.24. The van der Waals surface area contributed by atoms with Crippen LogP contribution in [0.3, 0.4) is 0 Å². The van der Waals surface area contributed by atoms with Crippen LogP contribution in [0.15, 0.2) is 55.1 Å². The third-order valence-corrected chi connectivity index (χ3v) is 6.83. The Morgan fingerprint density at radius 1 is 1.03 bits per heavy atom. The molecule has 0 bridgehead atoms. The van der Waals surface area contributed by atoms with Crippen molar-refractivity contribution in [3.63, 3.8) is 0 Å². The molecule has 4 aromatic heterocycles. The summed E-state index contributed by atoms with van der Waals surface area (Å²) in [5.74, 6) is 0.656. The standard InChI is InChI=1S/C25H21ClN4O6S/c1-11-9-15(13(3)34-19-7-8-20(26)30-25(19)37(27,32)33)23-16(10-11)21(31)12(2)22(36-23)17-5-6-18-24(29-17)28-14(4)35-18/h5-10,13H,1-4H3,(H2,27,32,33)/t13-/m1/s1. The highest BCUT2D eigenvalue weighted by molar-refractivity contribution is 7.89. The van der Waals surface area contributed by atoms with Gasteiger partial charge in [0.1, 0.15) is 22.5 Å². The number of ether oxygens (including phenoxy) is 1. The number of pyridine rings is 2. The van der Waals surface area contributed by atoms with Crippen LogP contribution in [-0.4, -0.2) is 23.4 Å². The van der Waals surface area contributed by atoms with E-state index >= 15 is 0 Å². The van der Waals surface area contributed by atoms with Crippen LogP contribution < -0.4 is 15.3 Å². The van der Waals surface area contributed by atoms with Gasteiger partial charge in [-0.25, -0.2) is 23.5 Å². The SMILES string of the molecule is Cc1cc([C@@H](C)Oc2ccc(Cl)nc2S(N)(=O)=O)c2oc(-c3ccc4oc(C)nc4n3)c(C)c(=O)c2c1. The van der Waals surface area contributed by atoms with Gasteiger partial charge in [-0.3, -0.25) is 4.79 Å². The Morgan fingerprint density at radius 3 is 2.51 bits per heavy atom. The maximum atomic E-state index is 13.4. The lowest BCUT2D eigenvalue weighted by atomic mass is 10.0. The van der Waals surface area contributed by atoms with Crippen LogP contribution in [0.1, 0.15) is 35.6 Å². The molecule has 1 atom stereocenters. The van der Waals surface area contributed by atoms with Gasteiger partial charge in [-0.05, 0) is 62.7 Å². The maximum absolute atomic E-state index is 13.4. The number of aryl methyl sites for hydroxylation is 2. The second-order valence-corrected chi connectivity index (χ2v) is 10.5. The first-order chi connectivity index (χ1) is 17.4. The van der Waals surface area contributed by atoms with E-state index in [1.165, 1.54) is 12.1 Å². The van der Waals surface area contributed by atoms with Crippen molar-refractivity contribution in [2.45, 2.75) is 38.8 Å². The molecular weight excluding hydrogens is 520 g/mol. The summed E-state index contributed by atoms with van der Waals surface area (Å²) < 4.78 is 41.9. The second-order valence-electron chi connectivity index (χ2n) is 8.61. The molecule has 0 aliphatic heterocycles. The summed E-state index contributed by atoms with van der Waals surface area (Å²) in [6.45, 7) is 6.91. The zero-order valence-electron chi connectivity index (χ0n) is 20.2. The molecule has 10 nitrogen and oxygen atoms in total. The number of rotatable bonds is 5. The maximum Gasteiger partial charge on any atom is 0.259 e. The number of nitrogens with two attached hydrogens (primary N) is 1. The number of hydrogen-bond acceptors (Lipinski definition) is 9. The third-order valence-electron chi connectivity index (χ3n) is 5.79. The molecule has 0 aliphatic rings. The first kappa shape index (κ1) is 24.9. The van der Waals surface area contributed by atoms with Crippen molar-refractivity contribution in [3.05, 3.63) is 74.4 Å². The van der Waals surface area contributed by atoms with E-state index < -0.39 is 21.2 Å². The number of benzene rings is 1. The van der Waals surface area contributed by atoms with Gasteiger partial charge in [-0.2, -0.15) is 4.98 Å². The molecule has 0 saturated carbocycles. The van der Waals surface area contributed by atoms with Gasteiger partial charge in [0.15, 0.2) is 34.1 Å². The first-order valence-electron chi connectivity index (χ1n) is 11.1. The molecular formula is C25H21ClN4O6S. The third kappa shape index (κ3) is 4.57. The van der Waals surface area contributed by atoms with Gasteiger partial charge in [0.2, 0.25) is 5.03 Å². The summed E-state index contributed by atoms with van der Waals surface area (Å²) in [6, 6.07) is 9.69. The minimum absolute atomic E-state index is 0.0529. The van der Waals surface area contributed by atoms with Gasteiger partial charge in [0.05, 0.1) is 5.39 Å². The Kier molecular flexibility index (Phi) is 6.01. The molecule has 0 fully saturated rings. The molecule has 5 aromatic rings. The molecule has 5 rings (SSSR count). The van der Waals surface area contributed by atoms with Crippen LogP contribution >= 0.6 is 11.6 Å². The number of primary sulfonamides is 1. The minimum atomic E-state index is -4.22. The molecule has 0 saturated heterocycles. The summed E-state index contributed by atoms with van der Waals surface area (Å²) in [6.07, 6.45) is -0.766. The van der Waals surface area contributed by atoms with Gasteiger partial charge in [0, 0.05) is 18.1 Å². The second kappa shape index (κ2) is 8.94. The van der Waals surface area contributed by atoms with Crippen LogP contribution in [0.4, 0.5) is 0 Å². The minimum Gasteiger partial charge on any atom is -0.483 e. The smallest absolute Gasteiger partial charge is 0.259 e. The number of oxazole rings is 1. The summed E-state index contributed by atoms with van der Waals surface area (Å²) in [5, 5.41) is 5.11. The molecule has 190 valence electrons. The van der Waals surface area contributed by atoms with E-state index in [9.17, 15) is 13.2 Å². The molecule has 37 heavy (non-hydrogen) atoms. The lowest BCUT2D eigenvalue weighted by Gasteiger charge is -2.19. The molecule has 12 heteroatoms. The zero-order valence-corrected chi connectivity index (χ0v) is 21.8. The van der Waals surface area contributed by atoms with Crippen LogP contribution in [0, 0.1) is 20.8 Å². The van der Waals surface area contributed by atoms with Crippen LogP contribution in [0.5, 0.6) is 5.75 Å². The summed E-state index contributed by atoms with van der Waals surface area (Å²) in [5.41, 5.74) is 3.05. The van der Waals surface area contributed by atoms with Gasteiger partial charge in [-0.15, -0.1) is 0 Å². The molecule has 0 amide bonds. The lowest BCUT2D eigenvalue weighted by Crippen LogP contribution is -2.17. The van der Waals surface area contributed by atoms with E-state index in [1.54, 1.807) is 45.0 Å². The number of aromatic nitrogens is 3. The van der Waals surface area contributed by atoms with Crippen molar-refractivity contribution in [2.75, 3.05) is 0 Å². The van der Waals surface area contributed by atoms with Crippen LogP contribution in [-0.2, 0) is 10.0 Å². The average molecular weight is 541 g/mol. The monoisotopic (exact) mass is 540 g/mol. The Labute approximate surface area is 216 Å². The van der Waals surface area contributed by atoms with Gasteiger partial charge in [0.25, 0.3) is 10.0 Å². The predicted molar refractivity (Wildman–Crippen MR) is 137 cm³/mol. The quantitative estimate of drug-likeness (QED) is 0.311. The average Bonchev–Trinajstić information content (AvgIpc) is 3.20. The van der Waals surface area contributed by atoms with Gasteiger partial charge in [-0.1, -0.05) is 11.6 Å². The van der Waals surface area contributed by atoms with E-state index in [0.717, 1.165) is 5.56 Å². The van der Waals surface area contributed by atoms with E-state index in [-0.39, 0.29) is 27.7 Å². The van der Waals surface area contributed by atoms with Gasteiger partial charge < -0.3 is 13.6 Å². The van der Waals surface area contributed by atoms with Gasteiger partial charge >= 0.3 is 0 Å². The fourth-order valence-corrected chi connectivity index (χ4v) is 4.94. The van der Waals surface area contributed by atoms with Crippen LogP contribution in [0.2, 0.25) is 5.15 Å². The highest BCUT2D eigenvalue weighted by Crippen LogP contribution is 2.34. The fourth-order valence-electron chi connectivity index (χ4n) is 4.12. The van der Waals surface area contributed by atoms with E-state index in [2.05, 4.69) is 15.0 Å². The predicted octanol–water partition coefficient (Wildman–Crippen LogP) is 4.76. The van der Waals surface area contributed by atoms with Crippen molar-refractivity contribution in [1.82, 2.24) is 15.0 Å². The molecule has 0 spiro atoms. The van der Waals surface area contributed by atoms with Crippen molar-refractivity contribution < 1.29 is 22.0 Å². The summed E-state index contributed by atoms with van der Waals surface area (Å²) in [7, 11) is -4.22. The molecule has 0 unspecified atom stereocenters. The Morgan fingerprint density at radius 2 is 1.78 bits per heavy atom. The number of nitrogens with zero attached hydrogens (tertiary/aromatic N) is 3. The van der Waals surface area contributed by atoms with Crippen molar-refractivity contribution in [3.8, 4) is 17.2 Å². The number of sulfonamides is 1. The normalized spacial score (nSPS) is 12.8. The molecule has 1 aromatic carbocycles. The number of hydrogen-bond donors (Lipinski definition) is 1. The molecule has 4 heterocycles. The Balaban J connectivity index is 1.68. The molecule has 0 aliphatic carbocycles. The zero-order chi connectivity index (χ0) is 26.6. The van der Waals surface area contributed by atoms with E-state index in [1.807, 2.05) is 6.92 Å². The number of fused-ring (bicyclic) bond motifs is 2. The lowest BCUT2D eigenvalue weighted by molar-refractivity contribution is 0.219. The fraction of sp³-hybridized carbons (Fsp3) is 0.200. The molecule has 2 N–H and O–H groups in total. The Hall–Kier alpha value is -3.80. The van der Waals surface area contributed by atoms with Crippen molar-refractivity contribution in [1.29, 1.82) is 0 Å². The summed E-state index contributed by atoms with van der Waals surface area (Å²) >= 11 is 5.87. The van der Waals surface area contributed by atoms with Crippen molar-refractivity contribution in [2.24, 2.45) is 5.14 Å². The highest BCUT2D eigenvalue weighted by atomic mass is 35.5. The Bertz CT molecular complexity index is 1880. The largest absolute Gasteiger partial charge is 0.483 e. The van der Waals surface area contributed by atoms with E-state index in [0.29, 0.717) is 39.3 Å². The van der Waals surface area contributed by atoms with Crippen LogP contribution in [0.25, 0.3) is 33.7 Å².